The molecule has 0 aromatic carbocycles. The minimum Gasteiger partial charge on any atom is -0.348 e. The molecule has 0 fully saturated rings. The van der Waals surface area contributed by atoms with Gasteiger partial charge in [-0.1, -0.05) is 13.8 Å². The van der Waals surface area contributed by atoms with Crippen molar-refractivity contribution in [1.29, 1.82) is 0 Å². The number of nitrogens with two attached hydrogens (primary N) is 1. The zero-order chi connectivity index (χ0) is 12.2. The van der Waals surface area contributed by atoms with Gasteiger partial charge in [-0.05, 0) is 42.2 Å². The third-order valence-electron chi connectivity index (χ3n) is 3.10. The van der Waals surface area contributed by atoms with Crippen molar-refractivity contribution in [3.05, 3.63) is 22.4 Å². The van der Waals surface area contributed by atoms with Crippen molar-refractivity contribution < 1.29 is 4.79 Å². The van der Waals surface area contributed by atoms with E-state index in [2.05, 4.69) is 5.32 Å². The van der Waals surface area contributed by atoms with E-state index < -0.39 is 5.54 Å². The van der Waals surface area contributed by atoms with Crippen LogP contribution in [0.4, 0.5) is 0 Å². The first-order valence-electron chi connectivity index (χ1n) is 5.65. The zero-order valence-electron chi connectivity index (χ0n) is 10.1. The lowest BCUT2D eigenvalue weighted by Gasteiger charge is -2.27. The second-order valence-electron chi connectivity index (χ2n) is 4.12. The molecule has 3 nitrogen and oxygen atoms in total. The molecule has 1 aromatic rings. The molecule has 0 spiro atoms. The van der Waals surface area contributed by atoms with Gasteiger partial charge in [-0.2, -0.15) is 11.3 Å². The Morgan fingerprint density at radius 3 is 2.62 bits per heavy atom. The molecule has 1 aromatic heterocycles. The number of rotatable bonds is 5. The first kappa shape index (κ1) is 13.2. The molecule has 4 heteroatoms. The highest BCUT2D eigenvalue weighted by molar-refractivity contribution is 7.07. The average molecular weight is 240 g/mol. The Morgan fingerprint density at radius 1 is 1.56 bits per heavy atom. The molecule has 0 aliphatic heterocycles. The van der Waals surface area contributed by atoms with E-state index in [1.165, 1.54) is 0 Å². The highest BCUT2D eigenvalue weighted by atomic mass is 32.1. The average Bonchev–Trinajstić information content (AvgIpc) is 2.81. The van der Waals surface area contributed by atoms with Crippen molar-refractivity contribution in [2.24, 2.45) is 5.73 Å². The highest BCUT2D eigenvalue weighted by Gasteiger charge is 2.30. The lowest BCUT2D eigenvalue weighted by atomic mass is 9.92. The zero-order valence-corrected chi connectivity index (χ0v) is 10.9. The Kier molecular flexibility index (Phi) is 4.50. The van der Waals surface area contributed by atoms with Crippen LogP contribution in [0.15, 0.2) is 16.8 Å². The summed E-state index contributed by atoms with van der Waals surface area (Å²) in [6, 6.07) is 2.05. The minimum atomic E-state index is -0.732. The molecule has 0 aliphatic carbocycles. The van der Waals surface area contributed by atoms with Crippen molar-refractivity contribution in [3.8, 4) is 0 Å². The van der Waals surface area contributed by atoms with E-state index in [4.69, 9.17) is 5.73 Å². The van der Waals surface area contributed by atoms with Crippen molar-refractivity contribution in [1.82, 2.24) is 5.32 Å². The van der Waals surface area contributed by atoms with E-state index in [0.29, 0.717) is 12.8 Å². The molecular weight excluding hydrogens is 220 g/mol. The summed E-state index contributed by atoms with van der Waals surface area (Å²) in [5.41, 5.74) is 6.43. The normalized spacial score (nSPS) is 13.5. The number of carbonyl (C=O) groups is 1. The number of hydrogen-bond acceptors (Lipinski definition) is 3. The van der Waals surface area contributed by atoms with Gasteiger partial charge in [0.25, 0.3) is 0 Å². The fraction of sp³-hybridized carbons (Fsp3) is 0.583. The summed E-state index contributed by atoms with van der Waals surface area (Å²) in [7, 11) is 0. The van der Waals surface area contributed by atoms with Gasteiger partial charge < -0.3 is 11.1 Å². The van der Waals surface area contributed by atoms with Gasteiger partial charge in [-0.3, -0.25) is 4.79 Å². The summed E-state index contributed by atoms with van der Waals surface area (Å²) >= 11 is 1.63. The third kappa shape index (κ3) is 2.83. The van der Waals surface area contributed by atoms with Crippen LogP contribution >= 0.6 is 11.3 Å². The monoisotopic (exact) mass is 240 g/mol. The predicted molar refractivity (Wildman–Crippen MR) is 68.4 cm³/mol. The minimum absolute atomic E-state index is 0.0276. The molecule has 0 aliphatic rings. The summed E-state index contributed by atoms with van der Waals surface area (Å²) in [6.07, 6.45) is 1.32. The van der Waals surface area contributed by atoms with Gasteiger partial charge in [0.15, 0.2) is 0 Å². The van der Waals surface area contributed by atoms with E-state index in [9.17, 15) is 4.79 Å². The van der Waals surface area contributed by atoms with Gasteiger partial charge in [0.1, 0.15) is 0 Å². The molecule has 90 valence electrons. The molecule has 1 rings (SSSR count). The van der Waals surface area contributed by atoms with E-state index in [0.717, 1.165) is 5.56 Å². The SMILES string of the molecule is CCC(N)(CC)C(=O)NC(C)c1ccsc1. The highest BCUT2D eigenvalue weighted by Crippen LogP contribution is 2.18. The lowest BCUT2D eigenvalue weighted by Crippen LogP contribution is -2.53. The Bertz CT molecular complexity index is 331. The van der Waals surface area contributed by atoms with Crippen LogP contribution in [0, 0.1) is 0 Å². The van der Waals surface area contributed by atoms with Gasteiger partial charge >= 0.3 is 0 Å². The van der Waals surface area contributed by atoms with Crippen LogP contribution < -0.4 is 11.1 Å². The smallest absolute Gasteiger partial charge is 0.240 e. The number of carbonyl (C=O) groups excluding carboxylic acids is 1. The van der Waals surface area contributed by atoms with Crippen LogP contribution in [-0.2, 0) is 4.79 Å². The quantitative estimate of drug-likeness (QED) is 0.830. The molecular formula is C12H20N2OS. The Hall–Kier alpha value is -0.870. The second-order valence-corrected chi connectivity index (χ2v) is 4.90. The molecule has 3 N–H and O–H groups in total. The number of amides is 1. The van der Waals surface area contributed by atoms with Crippen LogP contribution in [0.25, 0.3) is 0 Å². The number of thiophene rings is 1. The van der Waals surface area contributed by atoms with Crippen molar-refractivity contribution >= 4 is 17.2 Å². The number of hydrogen-bond donors (Lipinski definition) is 2. The number of nitrogens with one attached hydrogen (secondary N) is 1. The fourth-order valence-corrected chi connectivity index (χ4v) is 2.27. The maximum absolute atomic E-state index is 12.0. The molecule has 1 amide bonds. The standard InChI is InChI=1S/C12H20N2OS/c1-4-12(13,5-2)11(15)14-9(3)10-6-7-16-8-10/h6-9H,4-5,13H2,1-3H3,(H,14,15). The molecule has 1 atom stereocenters. The lowest BCUT2D eigenvalue weighted by molar-refractivity contribution is -0.127. The van der Waals surface area contributed by atoms with Crippen LogP contribution in [0.5, 0.6) is 0 Å². The van der Waals surface area contributed by atoms with Crippen LogP contribution in [0.3, 0.4) is 0 Å². The van der Waals surface area contributed by atoms with Gasteiger partial charge in [0, 0.05) is 0 Å². The van der Waals surface area contributed by atoms with Gasteiger partial charge in [-0.15, -0.1) is 0 Å². The maximum Gasteiger partial charge on any atom is 0.240 e. The molecule has 0 saturated heterocycles. The molecule has 0 saturated carbocycles. The Labute approximate surface area is 101 Å². The van der Waals surface area contributed by atoms with E-state index >= 15 is 0 Å². The first-order chi connectivity index (χ1) is 7.53. The first-order valence-corrected chi connectivity index (χ1v) is 6.59. The van der Waals surface area contributed by atoms with Crippen LogP contribution in [0.1, 0.15) is 45.2 Å². The van der Waals surface area contributed by atoms with Crippen molar-refractivity contribution in [2.45, 2.75) is 45.2 Å². The van der Waals surface area contributed by atoms with Crippen LogP contribution in [0.2, 0.25) is 0 Å². The summed E-state index contributed by atoms with van der Waals surface area (Å²) in [6.45, 7) is 5.86. The predicted octanol–water partition coefficient (Wildman–Crippen LogP) is 2.44. The van der Waals surface area contributed by atoms with Gasteiger partial charge in [-0.25, -0.2) is 0 Å². The van der Waals surface area contributed by atoms with Crippen molar-refractivity contribution in [2.75, 3.05) is 0 Å². The van der Waals surface area contributed by atoms with Gasteiger partial charge in [0.05, 0.1) is 11.6 Å². The Balaban J connectivity index is 2.64. The molecule has 1 heterocycles. The maximum atomic E-state index is 12.0. The third-order valence-corrected chi connectivity index (χ3v) is 3.81. The van der Waals surface area contributed by atoms with E-state index in [1.807, 2.05) is 37.6 Å². The largest absolute Gasteiger partial charge is 0.348 e. The summed E-state index contributed by atoms with van der Waals surface area (Å²) in [5, 5.41) is 7.02. The molecule has 0 bridgehead atoms. The molecule has 16 heavy (non-hydrogen) atoms. The second kappa shape index (κ2) is 5.46. The Morgan fingerprint density at radius 2 is 2.19 bits per heavy atom. The fourth-order valence-electron chi connectivity index (χ4n) is 1.52. The van der Waals surface area contributed by atoms with Crippen molar-refractivity contribution in [3.63, 3.8) is 0 Å². The summed E-state index contributed by atoms with van der Waals surface area (Å²) < 4.78 is 0. The summed E-state index contributed by atoms with van der Waals surface area (Å²) in [5.74, 6) is -0.0591. The van der Waals surface area contributed by atoms with E-state index in [-0.39, 0.29) is 11.9 Å². The van der Waals surface area contributed by atoms with Gasteiger partial charge in [0.2, 0.25) is 5.91 Å². The van der Waals surface area contributed by atoms with E-state index in [1.54, 1.807) is 11.3 Å². The topological polar surface area (TPSA) is 55.1 Å². The molecule has 0 radical (unpaired) electrons. The summed E-state index contributed by atoms with van der Waals surface area (Å²) in [4.78, 5) is 12.0. The van der Waals surface area contributed by atoms with Crippen LogP contribution in [-0.4, -0.2) is 11.4 Å². The molecule has 1 unspecified atom stereocenters.